The number of rotatable bonds is 0. The van der Waals surface area contributed by atoms with Crippen molar-refractivity contribution in [3.8, 4) is 0 Å². The Labute approximate surface area is 112 Å². The molecule has 0 aromatic heterocycles. The number of allylic oxidation sites excluding steroid dienone is 8. The van der Waals surface area contributed by atoms with Gasteiger partial charge < -0.3 is 0 Å². The predicted octanol–water partition coefficient (Wildman–Crippen LogP) is 3.81. The summed E-state index contributed by atoms with van der Waals surface area (Å²) in [5.41, 5.74) is 2.69. The Balaban J connectivity index is 0. The molecule has 14 heavy (non-hydrogen) atoms. The first kappa shape index (κ1) is 16.6. The van der Waals surface area contributed by atoms with Crippen molar-refractivity contribution in [2.75, 3.05) is 0 Å². The van der Waals surface area contributed by atoms with Gasteiger partial charge in [-0.1, -0.05) is 0 Å². The van der Waals surface area contributed by atoms with Crippen LogP contribution in [0, 0.1) is 12.2 Å². The third-order valence-electron chi connectivity index (χ3n) is 1.74. The summed E-state index contributed by atoms with van der Waals surface area (Å²) in [5, 5.41) is 0. The molecule has 0 nitrogen and oxygen atoms in total. The smallest absolute Gasteiger partial charge is 0.273 e. The molecule has 0 fully saturated rings. The van der Waals surface area contributed by atoms with Crippen LogP contribution >= 0.6 is 12.4 Å². The van der Waals surface area contributed by atoms with Crippen LogP contribution in [0.25, 0.3) is 0 Å². The van der Waals surface area contributed by atoms with E-state index in [0.717, 1.165) is 12.8 Å². The van der Waals surface area contributed by atoms with E-state index in [9.17, 15) is 0 Å². The Morgan fingerprint density at radius 2 is 1.29 bits per heavy atom. The number of hydrogen-bond acceptors (Lipinski definition) is 0. The summed E-state index contributed by atoms with van der Waals surface area (Å²) >= 11 is 0. The van der Waals surface area contributed by atoms with Crippen LogP contribution in [-0.4, -0.2) is 0 Å². The summed E-state index contributed by atoms with van der Waals surface area (Å²) in [6.07, 6.45) is 16.5. The minimum absolute atomic E-state index is 0. The Bertz CT molecular complexity index is 226. The largest absolute Gasteiger partial charge is 2.00 e. The van der Waals surface area contributed by atoms with Crippen LogP contribution in [0.15, 0.2) is 35.5 Å². The van der Waals surface area contributed by atoms with Crippen molar-refractivity contribution in [2.24, 2.45) is 0 Å². The van der Waals surface area contributed by atoms with Gasteiger partial charge in [-0.05, 0) is 0 Å². The van der Waals surface area contributed by atoms with Gasteiger partial charge in [0.05, 0.1) is 0 Å². The summed E-state index contributed by atoms with van der Waals surface area (Å²) < 4.78 is 0. The maximum atomic E-state index is 3.05. The van der Waals surface area contributed by atoms with Crippen molar-refractivity contribution in [2.45, 2.75) is 26.7 Å². The first-order valence-corrected chi connectivity index (χ1v) is 4.26. The fraction of sp³-hybridized carbons (Fsp3) is 0.333. The van der Waals surface area contributed by atoms with E-state index in [1.165, 1.54) is 11.1 Å². The van der Waals surface area contributed by atoms with Gasteiger partial charge in [-0.15, -0.1) is 39.1 Å². The van der Waals surface area contributed by atoms with Crippen molar-refractivity contribution in [3.63, 3.8) is 0 Å². The van der Waals surface area contributed by atoms with Crippen LogP contribution < -0.4 is 0 Å². The Kier molecular flexibility index (Phi) is 11.4. The molecule has 0 amide bonds. The summed E-state index contributed by atoms with van der Waals surface area (Å²) in [4.78, 5) is 0. The van der Waals surface area contributed by atoms with Gasteiger partial charge >= 0.3 is 26.2 Å². The van der Waals surface area contributed by atoms with E-state index in [1.807, 2.05) is 12.2 Å². The molecule has 0 aromatic carbocycles. The summed E-state index contributed by atoms with van der Waals surface area (Å²) in [6.45, 7) is 4.17. The van der Waals surface area contributed by atoms with E-state index >= 15 is 0 Å². The SMILES string of the molecule is CC1=CC[C-]=C1.CC1=CC[C-]=C1.Cl.[Zr+2]. The van der Waals surface area contributed by atoms with Gasteiger partial charge in [0.15, 0.2) is 0 Å². The molecule has 0 saturated heterocycles. The Morgan fingerprint density at radius 3 is 1.36 bits per heavy atom. The molecule has 2 aliphatic carbocycles. The molecule has 0 aliphatic heterocycles. The number of hydrogen-bond donors (Lipinski definition) is 0. The summed E-state index contributed by atoms with van der Waals surface area (Å²) in [5.74, 6) is 0. The third-order valence-corrected chi connectivity index (χ3v) is 1.74. The maximum absolute atomic E-state index is 3.05. The molecule has 0 heterocycles. The van der Waals surface area contributed by atoms with Gasteiger partial charge in [0.25, 0.3) is 0 Å². The van der Waals surface area contributed by atoms with Gasteiger partial charge in [-0.3, -0.25) is 12.2 Å². The maximum Gasteiger partial charge on any atom is 2.00 e. The van der Waals surface area contributed by atoms with E-state index in [-0.39, 0.29) is 38.6 Å². The minimum atomic E-state index is 0. The summed E-state index contributed by atoms with van der Waals surface area (Å²) in [7, 11) is 0. The second-order valence-electron chi connectivity index (χ2n) is 3.00. The van der Waals surface area contributed by atoms with Crippen LogP contribution in [0.5, 0.6) is 0 Å². The monoisotopic (exact) mass is 284 g/mol. The topological polar surface area (TPSA) is 0 Å². The first-order valence-electron chi connectivity index (χ1n) is 4.26. The van der Waals surface area contributed by atoms with Gasteiger partial charge in [0, 0.05) is 0 Å². The Hall–Kier alpha value is 0.133. The Morgan fingerprint density at radius 1 is 0.929 bits per heavy atom. The van der Waals surface area contributed by atoms with E-state index in [1.54, 1.807) is 0 Å². The van der Waals surface area contributed by atoms with E-state index in [4.69, 9.17) is 0 Å². The average molecular weight is 286 g/mol. The zero-order chi connectivity index (χ0) is 8.81. The number of halogens is 1. The minimum Gasteiger partial charge on any atom is -0.273 e. The van der Waals surface area contributed by atoms with E-state index < -0.39 is 0 Å². The molecule has 0 saturated carbocycles. The molecule has 0 unspecified atom stereocenters. The van der Waals surface area contributed by atoms with E-state index in [0.29, 0.717) is 0 Å². The third kappa shape index (κ3) is 7.53. The van der Waals surface area contributed by atoms with Crippen LogP contribution in [0.4, 0.5) is 0 Å². The standard InChI is InChI=1S/2C6H7.ClH.Zr/c2*1-6-4-2-3-5-6;;/h2*4-5H,2H2,1H3;1H;/q2*-1;;+2. The normalized spacial score (nSPS) is 15.9. The van der Waals surface area contributed by atoms with Crippen molar-refractivity contribution in [1.82, 2.24) is 0 Å². The fourth-order valence-electron chi connectivity index (χ4n) is 0.998. The van der Waals surface area contributed by atoms with Gasteiger partial charge in [-0.2, -0.15) is 12.2 Å². The molecule has 0 aromatic rings. The first-order chi connectivity index (χ1) is 5.79. The van der Waals surface area contributed by atoms with Crippen molar-refractivity contribution in [3.05, 3.63) is 47.6 Å². The van der Waals surface area contributed by atoms with Gasteiger partial charge in [-0.25, -0.2) is 23.3 Å². The van der Waals surface area contributed by atoms with Crippen LogP contribution in [0.2, 0.25) is 0 Å². The molecule has 2 heteroatoms. The average Bonchev–Trinajstić information content (AvgIpc) is 2.63. The zero-order valence-electron chi connectivity index (χ0n) is 8.63. The molecular formula is C12H15ClZr. The van der Waals surface area contributed by atoms with Crippen molar-refractivity contribution < 1.29 is 26.2 Å². The zero-order valence-corrected chi connectivity index (χ0v) is 11.9. The summed E-state index contributed by atoms with van der Waals surface area (Å²) in [6, 6.07) is 0. The molecule has 0 spiro atoms. The van der Waals surface area contributed by atoms with Gasteiger partial charge in [0.2, 0.25) is 0 Å². The molecule has 0 bridgehead atoms. The molecule has 2 rings (SSSR count). The molecule has 74 valence electrons. The van der Waals surface area contributed by atoms with Crippen LogP contribution in [0.1, 0.15) is 26.7 Å². The second kappa shape index (κ2) is 9.68. The molecule has 0 atom stereocenters. The van der Waals surface area contributed by atoms with Crippen LogP contribution in [0.3, 0.4) is 0 Å². The van der Waals surface area contributed by atoms with Crippen LogP contribution in [-0.2, 0) is 26.2 Å². The van der Waals surface area contributed by atoms with E-state index in [2.05, 4.69) is 38.2 Å². The molecule has 0 N–H and O–H groups in total. The molecular weight excluding hydrogens is 271 g/mol. The molecule has 2 aliphatic rings. The molecule has 0 radical (unpaired) electrons. The second-order valence-corrected chi connectivity index (χ2v) is 3.00. The van der Waals surface area contributed by atoms with Crippen molar-refractivity contribution in [1.29, 1.82) is 0 Å². The van der Waals surface area contributed by atoms with Gasteiger partial charge in [0.1, 0.15) is 0 Å². The predicted molar refractivity (Wildman–Crippen MR) is 59.6 cm³/mol. The van der Waals surface area contributed by atoms with Crippen molar-refractivity contribution >= 4 is 12.4 Å². The quantitative estimate of drug-likeness (QED) is 0.594. The fourth-order valence-corrected chi connectivity index (χ4v) is 0.998.